The first-order valence-electron chi connectivity index (χ1n) is 6.00. The van der Waals surface area contributed by atoms with E-state index in [2.05, 4.69) is 0 Å². The molecule has 1 heterocycles. The Morgan fingerprint density at radius 2 is 1.77 bits per heavy atom. The van der Waals surface area contributed by atoms with Crippen LogP contribution in [0.15, 0.2) is 50.5 Å². The van der Waals surface area contributed by atoms with E-state index in [1.54, 1.807) is 12.1 Å². The molecular formula is C14H8O7S. The molecule has 112 valence electrons. The summed E-state index contributed by atoms with van der Waals surface area (Å²) in [5.74, 6) is -1.38. The highest BCUT2D eigenvalue weighted by molar-refractivity contribution is 7.86. The molecule has 1 aromatic heterocycles. The molecule has 3 aromatic rings. The monoisotopic (exact) mass is 320 g/mol. The number of rotatable bonds is 2. The molecular weight excluding hydrogens is 312 g/mol. The molecule has 0 saturated heterocycles. The maximum Gasteiger partial charge on any atom is 0.339 e. The molecule has 0 unspecified atom stereocenters. The SMILES string of the molecule is O=C(O)c1ccc(S(=O)(=O)O)c2c(=O)c3ccccc3oc12. The minimum Gasteiger partial charge on any atom is -0.478 e. The third kappa shape index (κ3) is 2.05. The van der Waals surface area contributed by atoms with Gasteiger partial charge in [-0.3, -0.25) is 9.35 Å². The Kier molecular flexibility index (Phi) is 3.01. The molecule has 0 aliphatic rings. The van der Waals surface area contributed by atoms with E-state index in [9.17, 15) is 22.6 Å². The molecule has 2 N–H and O–H groups in total. The van der Waals surface area contributed by atoms with E-state index in [0.717, 1.165) is 12.1 Å². The van der Waals surface area contributed by atoms with Gasteiger partial charge in [-0.2, -0.15) is 8.42 Å². The number of hydrogen-bond donors (Lipinski definition) is 2. The fourth-order valence-electron chi connectivity index (χ4n) is 2.26. The van der Waals surface area contributed by atoms with E-state index in [0.29, 0.717) is 0 Å². The van der Waals surface area contributed by atoms with Gasteiger partial charge in [0, 0.05) is 0 Å². The molecule has 0 atom stereocenters. The van der Waals surface area contributed by atoms with Crippen LogP contribution in [-0.2, 0) is 10.1 Å². The van der Waals surface area contributed by atoms with Crippen LogP contribution in [0.2, 0.25) is 0 Å². The summed E-state index contributed by atoms with van der Waals surface area (Å²) in [4.78, 5) is 23.1. The van der Waals surface area contributed by atoms with Crippen molar-refractivity contribution in [3.8, 4) is 0 Å². The smallest absolute Gasteiger partial charge is 0.339 e. The lowest BCUT2D eigenvalue weighted by Gasteiger charge is -2.07. The first kappa shape index (κ1) is 14.2. The predicted octanol–water partition coefficient (Wildman–Crippen LogP) is 1.89. The fraction of sp³-hybridized carbons (Fsp3) is 0. The summed E-state index contributed by atoms with van der Waals surface area (Å²) in [7, 11) is -4.72. The highest BCUT2D eigenvalue weighted by atomic mass is 32.2. The number of carbonyl (C=O) groups is 1. The molecule has 0 aliphatic heterocycles. The van der Waals surface area contributed by atoms with Gasteiger partial charge in [0.1, 0.15) is 16.0 Å². The van der Waals surface area contributed by atoms with Crippen molar-refractivity contribution in [2.24, 2.45) is 0 Å². The molecule has 0 saturated carbocycles. The van der Waals surface area contributed by atoms with Crippen LogP contribution in [0.4, 0.5) is 0 Å². The summed E-state index contributed by atoms with van der Waals surface area (Å²) in [6, 6.07) is 7.85. The molecule has 0 fully saturated rings. The van der Waals surface area contributed by atoms with E-state index in [1.807, 2.05) is 0 Å². The number of benzene rings is 2. The molecule has 22 heavy (non-hydrogen) atoms. The predicted molar refractivity (Wildman–Crippen MR) is 76.8 cm³/mol. The minimum absolute atomic E-state index is 0.0856. The van der Waals surface area contributed by atoms with E-state index < -0.39 is 37.4 Å². The topological polar surface area (TPSA) is 122 Å². The average Bonchev–Trinajstić information content (AvgIpc) is 2.45. The van der Waals surface area contributed by atoms with Crippen molar-refractivity contribution in [2.45, 2.75) is 4.90 Å². The van der Waals surface area contributed by atoms with Gasteiger partial charge in [-0.1, -0.05) is 12.1 Å². The Labute approximate surface area is 123 Å². The third-order valence-electron chi connectivity index (χ3n) is 3.20. The zero-order valence-corrected chi connectivity index (χ0v) is 11.6. The Hall–Kier alpha value is -2.71. The largest absolute Gasteiger partial charge is 0.478 e. The highest BCUT2D eigenvalue weighted by Crippen LogP contribution is 2.27. The van der Waals surface area contributed by atoms with Crippen LogP contribution in [0.1, 0.15) is 10.4 Å². The zero-order chi connectivity index (χ0) is 16.1. The normalized spacial score (nSPS) is 11.9. The summed E-state index contributed by atoms with van der Waals surface area (Å²) < 4.78 is 37.5. The lowest BCUT2D eigenvalue weighted by Crippen LogP contribution is -2.11. The quantitative estimate of drug-likeness (QED) is 0.546. The van der Waals surface area contributed by atoms with Crippen LogP contribution in [-0.4, -0.2) is 24.0 Å². The lowest BCUT2D eigenvalue weighted by atomic mass is 10.1. The molecule has 0 radical (unpaired) electrons. The van der Waals surface area contributed by atoms with Crippen molar-refractivity contribution < 1.29 is 27.3 Å². The van der Waals surface area contributed by atoms with Crippen LogP contribution in [0, 0.1) is 0 Å². The summed E-state index contributed by atoms with van der Waals surface area (Å²) in [5, 5.41) is 8.77. The molecule has 0 bridgehead atoms. The van der Waals surface area contributed by atoms with Crippen molar-refractivity contribution in [3.63, 3.8) is 0 Å². The van der Waals surface area contributed by atoms with Crippen LogP contribution in [0.5, 0.6) is 0 Å². The molecule has 0 spiro atoms. The number of carboxylic acids is 1. The molecule has 7 nitrogen and oxygen atoms in total. The van der Waals surface area contributed by atoms with Gasteiger partial charge in [0.05, 0.1) is 10.8 Å². The zero-order valence-electron chi connectivity index (χ0n) is 10.8. The Bertz CT molecular complexity index is 1090. The molecule has 0 amide bonds. The maximum absolute atomic E-state index is 12.5. The first-order valence-corrected chi connectivity index (χ1v) is 7.44. The van der Waals surface area contributed by atoms with E-state index in [-0.39, 0.29) is 16.5 Å². The van der Waals surface area contributed by atoms with Gasteiger partial charge >= 0.3 is 5.97 Å². The molecule has 2 aromatic carbocycles. The van der Waals surface area contributed by atoms with Crippen molar-refractivity contribution in [2.75, 3.05) is 0 Å². The minimum atomic E-state index is -4.72. The summed E-state index contributed by atoms with van der Waals surface area (Å²) in [6.07, 6.45) is 0. The van der Waals surface area contributed by atoms with Crippen LogP contribution >= 0.6 is 0 Å². The van der Waals surface area contributed by atoms with Crippen LogP contribution in [0.3, 0.4) is 0 Å². The molecule has 8 heteroatoms. The molecule has 0 aliphatic carbocycles. The maximum atomic E-state index is 12.5. The van der Waals surface area contributed by atoms with Gasteiger partial charge in [-0.05, 0) is 24.3 Å². The number of carboxylic acid groups (broad SMARTS) is 1. The average molecular weight is 320 g/mol. The standard InChI is InChI=1S/C14H8O7S/c15-12-7-3-1-2-4-9(7)21-13-8(14(16)17)5-6-10(11(12)13)22(18,19)20/h1-6H,(H,16,17)(H,18,19,20). The Balaban J connectivity index is 2.69. The van der Waals surface area contributed by atoms with Gasteiger partial charge in [0.25, 0.3) is 10.1 Å². The van der Waals surface area contributed by atoms with Crippen LogP contribution < -0.4 is 5.43 Å². The van der Waals surface area contributed by atoms with E-state index in [4.69, 9.17) is 9.52 Å². The first-order chi connectivity index (χ1) is 10.3. The van der Waals surface area contributed by atoms with Gasteiger partial charge < -0.3 is 9.52 Å². The van der Waals surface area contributed by atoms with Crippen molar-refractivity contribution >= 4 is 38.0 Å². The van der Waals surface area contributed by atoms with Crippen LogP contribution in [0.25, 0.3) is 21.9 Å². The van der Waals surface area contributed by atoms with Gasteiger partial charge in [-0.15, -0.1) is 0 Å². The van der Waals surface area contributed by atoms with E-state index >= 15 is 0 Å². The lowest BCUT2D eigenvalue weighted by molar-refractivity contribution is 0.0697. The number of fused-ring (bicyclic) bond motifs is 2. The van der Waals surface area contributed by atoms with Gasteiger partial charge in [0.15, 0.2) is 5.58 Å². The molecule has 3 rings (SSSR count). The third-order valence-corrected chi connectivity index (χ3v) is 4.09. The van der Waals surface area contributed by atoms with Gasteiger partial charge in [-0.25, -0.2) is 4.79 Å². The Morgan fingerprint density at radius 3 is 2.41 bits per heavy atom. The summed E-state index contributed by atoms with van der Waals surface area (Å²) >= 11 is 0. The fourth-order valence-corrected chi connectivity index (χ4v) is 2.94. The second-order valence-electron chi connectivity index (χ2n) is 4.52. The van der Waals surface area contributed by atoms with Crippen molar-refractivity contribution in [1.82, 2.24) is 0 Å². The number of aromatic carboxylic acids is 1. The Morgan fingerprint density at radius 1 is 1.09 bits per heavy atom. The highest BCUT2D eigenvalue weighted by Gasteiger charge is 2.23. The summed E-state index contributed by atoms with van der Waals surface area (Å²) in [6.45, 7) is 0. The number of para-hydroxylation sites is 1. The van der Waals surface area contributed by atoms with E-state index in [1.165, 1.54) is 12.1 Å². The second kappa shape index (κ2) is 4.65. The number of hydrogen-bond acceptors (Lipinski definition) is 5. The summed E-state index contributed by atoms with van der Waals surface area (Å²) in [5.41, 5.74) is -1.38. The van der Waals surface area contributed by atoms with Crippen molar-refractivity contribution in [1.29, 1.82) is 0 Å². The van der Waals surface area contributed by atoms with Gasteiger partial charge in [0.2, 0.25) is 5.43 Å². The van der Waals surface area contributed by atoms with Crippen molar-refractivity contribution in [3.05, 3.63) is 52.2 Å². The second-order valence-corrected chi connectivity index (χ2v) is 5.91.